The fourth-order valence-electron chi connectivity index (χ4n) is 4.01. The van der Waals surface area contributed by atoms with Gasteiger partial charge >= 0.3 is 5.97 Å². The maximum absolute atomic E-state index is 12.6. The van der Waals surface area contributed by atoms with E-state index in [1.165, 1.54) is 0 Å². The van der Waals surface area contributed by atoms with Crippen LogP contribution in [0.5, 0.6) is 23.0 Å². The van der Waals surface area contributed by atoms with Crippen LogP contribution < -0.4 is 18.9 Å². The first kappa shape index (κ1) is 18.2. The van der Waals surface area contributed by atoms with Crippen molar-refractivity contribution in [3.63, 3.8) is 0 Å². The van der Waals surface area contributed by atoms with Crippen molar-refractivity contribution in [3.8, 4) is 23.0 Å². The highest BCUT2D eigenvalue weighted by Crippen LogP contribution is 2.46. The molecule has 1 heterocycles. The molecule has 0 N–H and O–H groups in total. The summed E-state index contributed by atoms with van der Waals surface area (Å²) in [5.74, 6) is 2.26. The maximum atomic E-state index is 12.6. The van der Waals surface area contributed by atoms with Gasteiger partial charge in [-0.15, -0.1) is 0 Å². The molecule has 0 spiro atoms. The minimum absolute atomic E-state index is 0.0150. The minimum atomic E-state index is -0.268. The molecule has 146 valence electrons. The molecule has 0 bridgehead atoms. The van der Waals surface area contributed by atoms with Crippen molar-refractivity contribution in [2.24, 2.45) is 5.92 Å². The summed E-state index contributed by atoms with van der Waals surface area (Å²) in [5.41, 5.74) is 4.44. The molecule has 1 fully saturated rings. The number of cyclic esters (lactones) is 1. The highest BCUT2D eigenvalue weighted by molar-refractivity contribution is 6.05. The molecule has 2 aliphatic rings. The first-order chi connectivity index (χ1) is 13.6. The number of carbonyl (C=O) groups excluding carboxylic acids is 1. The van der Waals surface area contributed by atoms with Gasteiger partial charge in [-0.25, -0.2) is 4.79 Å². The zero-order valence-electron chi connectivity index (χ0n) is 16.3. The summed E-state index contributed by atoms with van der Waals surface area (Å²) in [4.78, 5) is 12.6. The molecule has 1 saturated heterocycles. The second kappa shape index (κ2) is 7.11. The molecule has 2 aromatic rings. The fourth-order valence-corrected chi connectivity index (χ4v) is 4.01. The lowest BCUT2D eigenvalue weighted by Crippen LogP contribution is -2.17. The second-order valence-electron chi connectivity index (χ2n) is 6.72. The van der Waals surface area contributed by atoms with Gasteiger partial charge in [-0.2, -0.15) is 0 Å². The van der Waals surface area contributed by atoms with Crippen molar-refractivity contribution in [3.05, 3.63) is 52.6 Å². The SMILES string of the molecule is COc1ccc(C2=C3C(=O)OCC3Cc3cc(OC)c(OC)cc32)cc1OC. The predicted molar refractivity (Wildman–Crippen MR) is 103 cm³/mol. The van der Waals surface area contributed by atoms with Crippen LogP contribution >= 0.6 is 0 Å². The molecule has 28 heavy (non-hydrogen) atoms. The van der Waals surface area contributed by atoms with Crippen molar-refractivity contribution in [2.75, 3.05) is 35.0 Å². The lowest BCUT2D eigenvalue weighted by Gasteiger charge is -2.26. The van der Waals surface area contributed by atoms with E-state index in [9.17, 15) is 4.79 Å². The molecule has 0 radical (unpaired) electrons. The number of hydrogen-bond acceptors (Lipinski definition) is 6. The van der Waals surface area contributed by atoms with E-state index in [1.807, 2.05) is 30.3 Å². The molecule has 0 amide bonds. The van der Waals surface area contributed by atoms with Gasteiger partial charge in [0.2, 0.25) is 0 Å². The predicted octanol–water partition coefficient (Wildman–Crippen LogP) is 3.25. The molecular formula is C22H22O6. The standard InChI is InChI=1S/C22H22O6/c1-24-16-6-5-12(8-17(16)25-2)20-15-10-19(27-4)18(26-3)9-13(15)7-14-11-28-22(23)21(14)20/h5-6,8-10,14H,7,11H2,1-4H3. The number of rotatable bonds is 5. The van der Waals surface area contributed by atoms with Gasteiger partial charge in [0.1, 0.15) is 0 Å². The van der Waals surface area contributed by atoms with E-state index in [4.69, 9.17) is 23.7 Å². The lowest BCUT2D eigenvalue weighted by molar-refractivity contribution is -0.135. The van der Waals surface area contributed by atoms with E-state index in [0.717, 1.165) is 22.3 Å². The van der Waals surface area contributed by atoms with Crippen molar-refractivity contribution < 1.29 is 28.5 Å². The van der Waals surface area contributed by atoms with Crippen LogP contribution in [0.4, 0.5) is 0 Å². The minimum Gasteiger partial charge on any atom is -0.493 e. The lowest BCUT2D eigenvalue weighted by atomic mass is 9.77. The number of ether oxygens (including phenoxy) is 5. The summed E-state index contributed by atoms with van der Waals surface area (Å²) in [6.45, 7) is 0.388. The molecule has 1 unspecified atom stereocenters. The summed E-state index contributed by atoms with van der Waals surface area (Å²) >= 11 is 0. The third-order valence-corrected chi connectivity index (χ3v) is 5.33. The number of methoxy groups -OCH3 is 4. The van der Waals surface area contributed by atoms with Crippen molar-refractivity contribution >= 4 is 11.5 Å². The highest BCUT2D eigenvalue weighted by Gasteiger charge is 2.39. The van der Waals surface area contributed by atoms with Crippen LogP contribution in [0.15, 0.2) is 35.9 Å². The Hall–Kier alpha value is -3.15. The molecular weight excluding hydrogens is 360 g/mol. The van der Waals surface area contributed by atoms with Gasteiger partial charge in [0.15, 0.2) is 23.0 Å². The van der Waals surface area contributed by atoms with Gasteiger partial charge in [0, 0.05) is 11.5 Å². The van der Waals surface area contributed by atoms with Gasteiger partial charge < -0.3 is 23.7 Å². The van der Waals surface area contributed by atoms with Crippen molar-refractivity contribution in [1.29, 1.82) is 0 Å². The molecule has 1 atom stereocenters. The van der Waals surface area contributed by atoms with Gasteiger partial charge in [-0.3, -0.25) is 0 Å². The number of benzene rings is 2. The van der Waals surface area contributed by atoms with Crippen LogP contribution in [0, 0.1) is 5.92 Å². The van der Waals surface area contributed by atoms with Gasteiger partial charge in [-0.05, 0) is 47.4 Å². The third-order valence-electron chi connectivity index (χ3n) is 5.33. The second-order valence-corrected chi connectivity index (χ2v) is 6.72. The van der Waals surface area contributed by atoms with Gasteiger partial charge in [0.25, 0.3) is 0 Å². The first-order valence-electron chi connectivity index (χ1n) is 9.00. The van der Waals surface area contributed by atoms with Crippen molar-refractivity contribution in [2.45, 2.75) is 6.42 Å². The average Bonchev–Trinajstić information content (AvgIpc) is 3.10. The van der Waals surface area contributed by atoms with Crippen LogP contribution in [-0.2, 0) is 16.0 Å². The Bertz CT molecular complexity index is 975. The Morgan fingerprint density at radius 2 is 1.50 bits per heavy atom. The normalized spacial score (nSPS) is 17.6. The van der Waals surface area contributed by atoms with E-state index in [2.05, 4.69) is 0 Å². The van der Waals surface area contributed by atoms with E-state index in [1.54, 1.807) is 28.4 Å². The molecule has 6 heteroatoms. The van der Waals surface area contributed by atoms with Crippen LogP contribution in [0.2, 0.25) is 0 Å². The monoisotopic (exact) mass is 382 g/mol. The quantitative estimate of drug-likeness (QED) is 0.740. The van der Waals surface area contributed by atoms with Crippen LogP contribution in [0.1, 0.15) is 16.7 Å². The maximum Gasteiger partial charge on any atom is 0.335 e. The fraction of sp³-hybridized carbons (Fsp3) is 0.318. The topological polar surface area (TPSA) is 63.2 Å². The zero-order valence-corrected chi connectivity index (χ0v) is 16.3. The summed E-state index contributed by atoms with van der Waals surface area (Å²) in [5, 5.41) is 0. The van der Waals surface area contributed by atoms with E-state index < -0.39 is 0 Å². The Balaban J connectivity index is 1.98. The van der Waals surface area contributed by atoms with E-state index in [-0.39, 0.29) is 11.9 Å². The molecule has 1 aliphatic heterocycles. The Morgan fingerprint density at radius 1 is 0.857 bits per heavy atom. The molecule has 0 saturated carbocycles. The first-order valence-corrected chi connectivity index (χ1v) is 9.00. The summed E-state index contributed by atoms with van der Waals surface area (Å²) in [6.07, 6.45) is 0.716. The Kier molecular flexibility index (Phi) is 4.63. The van der Waals surface area contributed by atoms with Crippen LogP contribution in [0.25, 0.3) is 5.57 Å². The van der Waals surface area contributed by atoms with Gasteiger partial charge in [-0.1, -0.05) is 6.07 Å². The smallest absolute Gasteiger partial charge is 0.335 e. The Morgan fingerprint density at radius 3 is 2.18 bits per heavy atom. The average molecular weight is 382 g/mol. The zero-order chi connectivity index (χ0) is 19.8. The molecule has 0 aromatic heterocycles. The molecule has 6 nitrogen and oxygen atoms in total. The number of carbonyl (C=O) groups is 1. The van der Waals surface area contributed by atoms with Crippen molar-refractivity contribution in [1.82, 2.24) is 0 Å². The number of fused-ring (bicyclic) bond motifs is 2. The number of esters is 1. The third kappa shape index (κ3) is 2.76. The molecule has 4 rings (SSSR count). The van der Waals surface area contributed by atoms with E-state index in [0.29, 0.717) is 41.6 Å². The highest BCUT2D eigenvalue weighted by atomic mass is 16.5. The summed E-state index contributed by atoms with van der Waals surface area (Å²) < 4.78 is 27.2. The summed E-state index contributed by atoms with van der Waals surface area (Å²) in [7, 11) is 6.40. The van der Waals surface area contributed by atoms with Crippen LogP contribution in [0.3, 0.4) is 0 Å². The number of hydrogen-bond donors (Lipinski definition) is 0. The van der Waals surface area contributed by atoms with E-state index >= 15 is 0 Å². The largest absolute Gasteiger partial charge is 0.493 e. The van der Waals surface area contributed by atoms with Crippen LogP contribution in [-0.4, -0.2) is 41.0 Å². The molecule has 1 aliphatic carbocycles. The van der Waals surface area contributed by atoms with Gasteiger partial charge in [0.05, 0.1) is 40.6 Å². The summed E-state index contributed by atoms with van der Waals surface area (Å²) in [6, 6.07) is 9.56. The molecule has 2 aromatic carbocycles. The Labute approximate surface area is 163 Å².